The van der Waals surface area contributed by atoms with Gasteiger partial charge >= 0.3 is 11.7 Å². The normalized spacial score (nSPS) is 22.2. The number of thiazole rings is 1. The first-order valence-corrected chi connectivity index (χ1v) is 13.9. The van der Waals surface area contributed by atoms with E-state index < -0.39 is 21.5 Å². The predicted octanol–water partition coefficient (Wildman–Crippen LogP) is 4.48. The Balaban J connectivity index is 1.51. The lowest BCUT2D eigenvalue weighted by molar-refractivity contribution is -0.663. The third kappa shape index (κ3) is 3.70. The van der Waals surface area contributed by atoms with Gasteiger partial charge in [0.25, 0.3) is 5.01 Å². The molecule has 4 aromatic rings. The van der Waals surface area contributed by atoms with Crippen molar-refractivity contribution in [2.75, 3.05) is 6.54 Å². The molecule has 6 rings (SSSR count). The fourth-order valence-electron chi connectivity index (χ4n) is 4.54. The van der Waals surface area contributed by atoms with Crippen LogP contribution in [0.5, 0.6) is 0 Å². The average molecular weight is 548 g/mol. The van der Waals surface area contributed by atoms with Gasteiger partial charge in [-0.3, -0.25) is 0 Å². The number of rotatable bonds is 5. The van der Waals surface area contributed by atoms with Gasteiger partial charge in [0, 0.05) is 12.1 Å². The fraction of sp³-hybridized carbons (Fsp3) is 0.130. The summed E-state index contributed by atoms with van der Waals surface area (Å²) in [5, 5.41) is 9.65. The van der Waals surface area contributed by atoms with Gasteiger partial charge in [-0.25, -0.2) is 17.7 Å². The smallest absolute Gasteiger partial charge is 0.394 e. The number of benzene rings is 2. The zero-order chi connectivity index (χ0) is 24.5. The number of carbonyl (C=O) groups is 1. The molecule has 2 unspecified atom stereocenters. The zero-order valence-electron chi connectivity index (χ0n) is 17.8. The largest absolute Gasteiger partial charge is 0.743 e. The molecule has 35 heavy (non-hydrogen) atoms. The lowest BCUT2D eigenvalue weighted by Crippen LogP contribution is -2.39. The summed E-state index contributed by atoms with van der Waals surface area (Å²) in [4.78, 5) is 12.4. The van der Waals surface area contributed by atoms with Gasteiger partial charge in [-0.05, 0) is 40.6 Å². The van der Waals surface area contributed by atoms with Crippen molar-refractivity contribution in [3.05, 3.63) is 69.9 Å². The Morgan fingerprint density at radius 2 is 2.00 bits per heavy atom. The minimum Gasteiger partial charge on any atom is -0.743 e. The van der Waals surface area contributed by atoms with Crippen LogP contribution in [-0.4, -0.2) is 36.0 Å². The number of carboxylic acid groups (broad SMARTS) is 1. The van der Waals surface area contributed by atoms with Crippen LogP contribution in [0.2, 0.25) is 5.22 Å². The summed E-state index contributed by atoms with van der Waals surface area (Å²) in [7, 11) is -4.58. The molecule has 4 heterocycles. The molecule has 1 fully saturated rings. The molecule has 0 aliphatic carbocycles. The summed E-state index contributed by atoms with van der Waals surface area (Å²) >= 11 is 8.63. The maximum absolute atomic E-state index is 12.1. The van der Waals surface area contributed by atoms with Crippen LogP contribution in [-0.2, 0) is 21.5 Å². The summed E-state index contributed by atoms with van der Waals surface area (Å²) in [5.41, 5.74) is 2.97. The molecule has 178 valence electrons. The number of hydrogen-bond acceptors (Lipinski definition) is 7. The van der Waals surface area contributed by atoms with E-state index in [4.69, 9.17) is 16.0 Å². The molecule has 8 nitrogen and oxygen atoms in total. The van der Waals surface area contributed by atoms with Crippen molar-refractivity contribution >= 4 is 73.0 Å². The maximum Gasteiger partial charge on any atom is 0.394 e. The Bertz CT molecular complexity index is 1660. The van der Waals surface area contributed by atoms with E-state index >= 15 is 0 Å². The van der Waals surface area contributed by atoms with Crippen molar-refractivity contribution in [1.82, 2.24) is 4.48 Å². The molecule has 1 spiro atoms. The Morgan fingerprint density at radius 3 is 2.69 bits per heavy atom. The molecule has 1 saturated heterocycles. The first-order chi connectivity index (χ1) is 16.7. The van der Waals surface area contributed by atoms with Crippen molar-refractivity contribution in [2.45, 2.75) is 16.8 Å². The Labute approximate surface area is 213 Å². The predicted molar refractivity (Wildman–Crippen MR) is 133 cm³/mol. The highest BCUT2D eigenvalue weighted by Gasteiger charge is 2.68. The number of quaternary nitrogens is 1. The summed E-state index contributed by atoms with van der Waals surface area (Å²) in [5.74, 6) is -1.06. The Hall–Kier alpha value is -2.67. The van der Waals surface area contributed by atoms with Crippen molar-refractivity contribution in [3.8, 4) is 11.1 Å². The number of aromatic nitrogens is 1. The minimum absolute atomic E-state index is 0.0976. The van der Waals surface area contributed by atoms with Crippen LogP contribution in [0, 0.1) is 0 Å². The third-order valence-electron chi connectivity index (χ3n) is 6.15. The van der Waals surface area contributed by atoms with Crippen LogP contribution in [0.3, 0.4) is 0 Å². The fourth-order valence-corrected chi connectivity index (χ4v) is 8.40. The SMILES string of the molecule is O=C(O)C[n+]1c(C=C2Sc3ccc(-c4ccccc4)cc3[N+]23CC3S(=O)(=O)[O-])sc2cc(Cl)oc21. The highest BCUT2D eigenvalue weighted by Crippen LogP contribution is 2.61. The van der Waals surface area contributed by atoms with Crippen LogP contribution < -0.4 is 9.05 Å². The lowest BCUT2D eigenvalue weighted by Gasteiger charge is -2.16. The number of fused-ring (bicyclic) bond motifs is 3. The average Bonchev–Trinajstić information content (AvgIpc) is 3.26. The van der Waals surface area contributed by atoms with Gasteiger partial charge in [-0.2, -0.15) is 0 Å². The quantitative estimate of drug-likeness (QED) is 0.170. The number of hydrogen-bond donors (Lipinski definition) is 1. The molecule has 2 aromatic heterocycles. The number of carboxylic acids is 1. The van der Waals surface area contributed by atoms with E-state index in [0.717, 1.165) is 21.7 Å². The highest BCUT2D eigenvalue weighted by molar-refractivity contribution is 8.03. The maximum atomic E-state index is 12.1. The second kappa shape index (κ2) is 7.92. The van der Waals surface area contributed by atoms with Gasteiger partial charge in [0.05, 0.1) is 11.0 Å². The zero-order valence-corrected chi connectivity index (χ0v) is 21.0. The summed E-state index contributed by atoms with van der Waals surface area (Å²) in [6.07, 6.45) is 1.76. The topological polar surface area (TPSA) is 112 Å². The van der Waals surface area contributed by atoms with Crippen molar-refractivity contribution in [3.63, 3.8) is 0 Å². The van der Waals surface area contributed by atoms with Crippen molar-refractivity contribution in [1.29, 1.82) is 0 Å². The Morgan fingerprint density at radius 1 is 1.23 bits per heavy atom. The van der Waals surface area contributed by atoms with Crippen molar-refractivity contribution < 1.29 is 31.9 Å². The van der Waals surface area contributed by atoms with Crippen LogP contribution in [0.4, 0.5) is 5.69 Å². The molecule has 2 aromatic carbocycles. The van der Waals surface area contributed by atoms with Crippen LogP contribution in [0.25, 0.3) is 27.6 Å². The van der Waals surface area contributed by atoms with Crippen molar-refractivity contribution in [2.24, 2.45) is 0 Å². The molecule has 2 aliphatic rings. The van der Waals surface area contributed by atoms with E-state index in [1.807, 2.05) is 48.5 Å². The minimum atomic E-state index is -4.58. The molecule has 1 N–H and O–H groups in total. The highest BCUT2D eigenvalue weighted by atomic mass is 35.5. The molecule has 2 aliphatic heterocycles. The molecule has 0 saturated carbocycles. The summed E-state index contributed by atoms with van der Waals surface area (Å²) in [6.45, 7) is -0.232. The standard InChI is InChI=1S/C23H15ClN2O6S3/c24-18-9-17-23(32-18)25(11-22(27)28)19(33-17)10-20-26(12-21(26)35(29,30)31)15-8-14(6-7-16(15)34-20)13-4-2-1-3-5-13/h1-10,21H,11-12H2/p+1. The molecular formula is C23H16ClN2O6S3+. The first kappa shape index (κ1) is 22.8. The lowest BCUT2D eigenvalue weighted by atomic mass is 10.0. The summed E-state index contributed by atoms with van der Waals surface area (Å²) < 4.78 is 44.0. The molecule has 2 atom stereocenters. The monoisotopic (exact) mass is 547 g/mol. The molecular weight excluding hydrogens is 532 g/mol. The number of aliphatic carboxylic acids is 1. The van der Waals surface area contributed by atoms with E-state index in [2.05, 4.69) is 0 Å². The molecule has 0 bridgehead atoms. The van der Waals surface area contributed by atoms with Crippen LogP contribution in [0.1, 0.15) is 5.01 Å². The second-order valence-electron chi connectivity index (χ2n) is 8.27. The van der Waals surface area contributed by atoms with E-state index in [0.29, 0.717) is 20.5 Å². The number of thioether (sulfide) groups is 1. The van der Waals surface area contributed by atoms with Gasteiger partial charge in [0.2, 0.25) is 17.1 Å². The third-order valence-corrected chi connectivity index (χ3v) is 9.79. The van der Waals surface area contributed by atoms with E-state index in [9.17, 15) is 22.9 Å². The number of furan rings is 1. The Kier molecular flexibility index (Phi) is 5.15. The summed E-state index contributed by atoms with van der Waals surface area (Å²) in [6, 6.07) is 17.2. The van der Waals surface area contributed by atoms with Crippen LogP contribution >= 0.6 is 34.7 Å². The van der Waals surface area contributed by atoms with Gasteiger partial charge in [0.15, 0.2) is 32.1 Å². The number of halogens is 1. The van der Waals surface area contributed by atoms with E-state index in [-0.39, 0.29) is 22.8 Å². The van der Waals surface area contributed by atoms with Gasteiger partial charge in [-0.15, -0.1) is 4.57 Å². The van der Waals surface area contributed by atoms with E-state index in [1.54, 1.807) is 12.1 Å². The molecule has 0 amide bonds. The second-order valence-corrected chi connectivity index (χ2v) is 12.3. The first-order valence-electron chi connectivity index (χ1n) is 10.4. The van der Waals surface area contributed by atoms with E-state index in [1.165, 1.54) is 27.7 Å². The molecule has 12 heteroatoms. The number of nitrogens with zero attached hydrogens (tertiary/aromatic N) is 2. The molecule has 0 radical (unpaired) electrons. The van der Waals surface area contributed by atoms with Gasteiger partial charge < -0.3 is 14.1 Å². The van der Waals surface area contributed by atoms with Gasteiger partial charge in [0.1, 0.15) is 0 Å². The van der Waals surface area contributed by atoms with Crippen LogP contribution in [0.15, 0.2) is 68.9 Å². The van der Waals surface area contributed by atoms with Gasteiger partial charge in [-0.1, -0.05) is 47.7 Å².